The number of aryl methyl sites for hydroxylation is 1. The van der Waals surface area contributed by atoms with Gasteiger partial charge >= 0.3 is 0 Å². The normalized spacial score (nSPS) is 26.1. The third-order valence-electron chi connectivity index (χ3n) is 3.68. The third kappa shape index (κ3) is 1.47. The van der Waals surface area contributed by atoms with Crippen LogP contribution in [-0.4, -0.2) is 26.5 Å². The van der Waals surface area contributed by atoms with Crippen LogP contribution in [-0.2, 0) is 6.42 Å². The monoisotopic (exact) mass is 207 g/mol. The highest BCUT2D eigenvalue weighted by atomic mass is 16.3. The van der Waals surface area contributed by atoms with Crippen molar-refractivity contribution in [2.45, 2.75) is 50.5 Å². The molecule has 0 aromatic carbocycles. The minimum atomic E-state index is 0.176. The van der Waals surface area contributed by atoms with Gasteiger partial charge in [0.2, 0.25) is 0 Å². The summed E-state index contributed by atoms with van der Waals surface area (Å²) in [5, 5.41) is 13.8. The van der Waals surface area contributed by atoms with Gasteiger partial charge in [-0.25, -0.2) is 9.67 Å². The Morgan fingerprint density at radius 2 is 2.13 bits per heavy atom. The predicted molar refractivity (Wildman–Crippen MR) is 55.7 cm³/mol. The number of aliphatic hydroxyl groups excluding tert-OH is 1. The maximum Gasteiger partial charge on any atom is 0.154 e. The van der Waals surface area contributed by atoms with Crippen LogP contribution in [0.3, 0.4) is 0 Å². The Kier molecular flexibility index (Phi) is 2.24. The Bertz CT molecular complexity index is 357. The van der Waals surface area contributed by atoms with Gasteiger partial charge in [0.05, 0.1) is 12.6 Å². The fourth-order valence-corrected chi connectivity index (χ4v) is 2.46. The molecule has 3 rings (SSSR count). The van der Waals surface area contributed by atoms with Crippen molar-refractivity contribution in [1.82, 2.24) is 14.8 Å². The maximum atomic E-state index is 9.27. The molecule has 4 heteroatoms. The minimum Gasteiger partial charge on any atom is -0.394 e. The molecular formula is C11H17N3O. The molecule has 1 saturated carbocycles. The van der Waals surface area contributed by atoms with Crippen molar-refractivity contribution in [3.05, 3.63) is 11.6 Å². The molecule has 0 bridgehead atoms. The van der Waals surface area contributed by atoms with Crippen LogP contribution in [0, 0.1) is 0 Å². The summed E-state index contributed by atoms with van der Waals surface area (Å²) in [5.74, 6) is 2.71. The second kappa shape index (κ2) is 3.59. The Morgan fingerprint density at radius 3 is 2.80 bits per heavy atom. The molecule has 1 aliphatic carbocycles. The van der Waals surface area contributed by atoms with Crippen LogP contribution < -0.4 is 0 Å². The topological polar surface area (TPSA) is 50.9 Å². The molecule has 2 heterocycles. The molecule has 0 radical (unpaired) electrons. The smallest absolute Gasteiger partial charge is 0.154 e. The Hall–Kier alpha value is -0.900. The molecule has 1 aromatic rings. The summed E-state index contributed by atoms with van der Waals surface area (Å²) in [6, 6.07) is 0.176. The molecule has 0 spiro atoms. The molecule has 1 atom stereocenters. The van der Waals surface area contributed by atoms with E-state index < -0.39 is 0 Å². The van der Waals surface area contributed by atoms with E-state index in [0.29, 0.717) is 5.92 Å². The molecule has 15 heavy (non-hydrogen) atoms. The molecule has 2 aliphatic rings. The Labute approximate surface area is 89.3 Å². The van der Waals surface area contributed by atoms with E-state index in [0.717, 1.165) is 30.9 Å². The molecule has 1 aliphatic heterocycles. The maximum absolute atomic E-state index is 9.27. The zero-order chi connectivity index (χ0) is 10.3. The van der Waals surface area contributed by atoms with Crippen molar-refractivity contribution < 1.29 is 5.11 Å². The van der Waals surface area contributed by atoms with Gasteiger partial charge in [0.25, 0.3) is 0 Å². The lowest BCUT2D eigenvalue weighted by molar-refractivity contribution is 0.194. The second-order valence-electron chi connectivity index (χ2n) is 4.69. The van der Waals surface area contributed by atoms with E-state index in [1.54, 1.807) is 0 Å². The number of aromatic nitrogens is 3. The summed E-state index contributed by atoms with van der Waals surface area (Å²) in [7, 11) is 0. The molecule has 1 N–H and O–H groups in total. The highest BCUT2D eigenvalue weighted by Gasteiger charge is 2.28. The molecule has 82 valence electrons. The molecule has 4 nitrogen and oxygen atoms in total. The van der Waals surface area contributed by atoms with E-state index in [4.69, 9.17) is 0 Å². The average molecular weight is 207 g/mol. The fourth-order valence-electron chi connectivity index (χ4n) is 2.46. The fraction of sp³-hybridized carbons (Fsp3) is 0.818. The van der Waals surface area contributed by atoms with Crippen LogP contribution in [0.1, 0.15) is 55.7 Å². The molecule has 0 amide bonds. The average Bonchev–Trinajstić information content (AvgIpc) is 2.57. The van der Waals surface area contributed by atoms with Crippen molar-refractivity contribution in [3.63, 3.8) is 0 Å². The van der Waals surface area contributed by atoms with E-state index in [-0.39, 0.29) is 12.6 Å². The summed E-state index contributed by atoms with van der Waals surface area (Å²) in [4.78, 5) is 4.61. The van der Waals surface area contributed by atoms with E-state index >= 15 is 0 Å². The lowest BCUT2D eigenvalue weighted by atomic mass is 9.85. The Balaban J connectivity index is 1.90. The van der Waals surface area contributed by atoms with E-state index in [1.807, 2.05) is 4.68 Å². The van der Waals surface area contributed by atoms with Crippen molar-refractivity contribution in [1.29, 1.82) is 0 Å². The first-order chi connectivity index (χ1) is 7.38. The molecular weight excluding hydrogens is 190 g/mol. The quantitative estimate of drug-likeness (QED) is 0.797. The standard InChI is InChI=1S/C11H17N3O/c15-7-9-5-2-6-10-12-11(13-14(9)10)8-3-1-4-8/h8-9,15H,1-7H2. The highest BCUT2D eigenvalue weighted by Crippen LogP contribution is 2.35. The van der Waals surface area contributed by atoms with Crippen LogP contribution in [0.2, 0.25) is 0 Å². The van der Waals surface area contributed by atoms with Crippen LogP contribution in [0.4, 0.5) is 0 Å². The summed E-state index contributed by atoms with van der Waals surface area (Å²) < 4.78 is 1.97. The number of hydrogen-bond acceptors (Lipinski definition) is 3. The summed E-state index contributed by atoms with van der Waals surface area (Å²) in [5.41, 5.74) is 0. The predicted octanol–water partition coefficient (Wildman–Crippen LogP) is 1.42. The van der Waals surface area contributed by atoms with E-state index in [2.05, 4.69) is 10.1 Å². The zero-order valence-electron chi connectivity index (χ0n) is 8.89. The Morgan fingerprint density at radius 1 is 1.27 bits per heavy atom. The van der Waals surface area contributed by atoms with Crippen LogP contribution in [0.5, 0.6) is 0 Å². The zero-order valence-corrected chi connectivity index (χ0v) is 8.89. The van der Waals surface area contributed by atoms with Gasteiger partial charge in [-0.3, -0.25) is 0 Å². The van der Waals surface area contributed by atoms with Gasteiger partial charge in [-0.2, -0.15) is 5.10 Å². The SMILES string of the molecule is OCC1CCCc2nc(C3CCC3)nn21. The first kappa shape index (κ1) is 9.33. The van der Waals surface area contributed by atoms with Gasteiger partial charge < -0.3 is 5.11 Å². The molecule has 0 saturated heterocycles. The van der Waals surface area contributed by atoms with Crippen LogP contribution >= 0.6 is 0 Å². The van der Waals surface area contributed by atoms with Gasteiger partial charge in [0.1, 0.15) is 5.82 Å². The van der Waals surface area contributed by atoms with Gasteiger partial charge in [-0.05, 0) is 25.7 Å². The van der Waals surface area contributed by atoms with E-state index in [9.17, 15) is 5.11 Å². The van der Waals surface area contributed by atoms with Gasteiger partial charge in [-0.1, -0.05) is 6.42 Å². The van der Waals surface area contributed by atoms with Crippen LogP contribution in [0.25, 0.3) is 0 Å². The summed E-state index contributed by atoms with van der Waals surface area (Å²) in [6.07, 6.45) is 7.00. The first-order valence-corrected chi connectivity index (χ1v) is 5.94. The van der Waals surface area contributed by atoms with Crippen molar-refractivity contribution >= 4 is 0 Å². The molecule has 1 aromatic heterocycles. The van der Waals surface area contributed by atoms with Gasteiger partial charge in [0.15, 0.2) is 5.82 Å². The van der Waals surface area contributed by atoms with Crippen LogP contribution in [0.15, 0.2) is 0 Å². The lowest BCUT2D eigenvalue weighted by Crippen LogP contribution is -2.22. The van der Waals surface area contributed by atoms with Crippen molar-refractivity contribution in [2.24, 2.45) is 0 Å². The first-order valence-electron chi connectivity index (χ1n) is 5.94. The van der Waals surface area contributed by atoms with Crippen molar-refractivity contribution in [3.8, 4) is 0 Å². The number of rotatable bonds is 2. The van der Waals surface area contributed by atoms with Gasteiger partial charge in [-0.15, -0.1) is 0 Å². The van der Waals surface area contributed by atoms with Crippen molar-refractivity contribution in [2.75, 3.05) is 6.61 Å². The number of hydrogen-bond donors (Lipinski definition) is 1. The minimum absolute atomic E-state index is 0.176. The number of nitrogens with zero attached hydrogens (tertiary/aromatic N) is 3. The number of aliphatic hydroxyl groups is 1. The van der Waals surface area contributed by atoms with Gasteiger partial charge in [0, 0.05) is 12.3 Å². The summed E-state index contributed by atoms with van der Waals surface area (Å²) >= 11 is 0. The largest absolute Gasteiger partial charge is 0.394 e. The molecule has 1 unspecified atom stereocenters. The van der Waals surface area contributed by atoms with E-state index in [1.165, 1.54) is 19.3 Å². The summed E-state index contributed by atoms with van der Waals surface area (Å²) in [6.45, 7) is 0.195. The lowest BCUT2D eigenvalue weighted by Gasteiger charge is -2.22. The third-order valence-corrected chi connectivity index (χ3v) is 3.68. The molecule has 1 fully saturated rings. The number of fused-ring (bicyclic) bond motifs is 1. The highest BCUT2D eigenvalue weighted by molar-refractivity contribution is 5.05. The second-order valence-corrected chi connectivity index (χ2v) is 4.69.